The Hall–Kier alpha value is -3.07. The van der Waals surface area contributed by atoms with Crippen LogP contribution in [-0.2, 0) is 22.6 Å². The number of nitrogens with one attached hydrogen (secondary N) is 1. The summed E-state index contributed by atoms with van der Waals surface area (Å²) in [5.41, 5.74) is 2.22. The van der Waals surface area contributed by atoms with E-state index >= 15 is 0 Å². The van der Waals surface area contributed by atoms with Gasteiger partial charge in [0.1, 0.15) is 5.82 Å². The van der Waals surface area contributed by atoms with Crippen LogP contribution in [0.25, 0.3) is 0 Å². The second-order valence-electron chi connectivity index (χ2n) is 7.63. The van der Waals surface area contributed by atoms with E-state index in [0.717, 1.165) is 16.0 Å². The third-order valence-corrected chi connectivity index (χ3v) is 6.46. The fraction of sp³-hybridized carbons (Fsp3) is 0.250. The van der Waals surface area contributed by atoms with Crippen LogP contribution in [-0.4, -0.2) is 45.7 Å². The van der Waals surface area contributed by atoms with Gasteiger partial charge in [0, 0.05) is 18.0 Å². The molecule has 0 spiro atoms. The number of amides is 2. The number of carbonyl (C=O) groups excluding carboxylic acids is 2. The van der Waals surface area contributed by atoms with Crippen LogP contribution < -0.4 is 5.32 Å². The molecule has 2 heterocycles. The van der Waals surface area contributed by atoms with Crippen LogP contribution in [0.15, 0.2) is 66.0 Å². The van der Waals surface area contributed by atoms with Crippen molar-refractivity contribution in [3.63, 3.8) is 0 Å². The first-order valence-electron chi connectivity index (χ1n) is 10.3. The molecule has 3 aromatic rings. The van der Waals surface area contributed by atoms with Crippen LogP contribution in [0.2, 0.25) is 0 Å². The highest BCUT2D eigenvalue weighted by molar-refractivity contribution is 7.09. The molecule has 0 fully saturated rings. The first kappa shape index (κ1) is 22.1. The molecule has 8 heteroatoms. The van der Waals surface area contributed by atoms with E-state index < -0.39 is 35.9 Å². The Balaban J connectivity index is 1.48. The summed E-state index contributed by atoms with van der Waals surface area (Å²) in [6, 6.07) is 16.5. The Morgan fingerprint density at radius 2 is 1.91 bits per heavy atom. The summed E-state index contributed by atoms with van der Waals surface area (Å²) in [6.07, 6.45) is -3.27. The highest BCUT2D eigenvalue weighted by atomic mass is 32.1. The van der Waals surface area contributed by atoms with Crippen LogP contribution in [0.1, 0.15) is 27.6 Å². The van der Waals surface area contributed by atoms with Gasteiger partial charge in [-0.3, -0.25) is 9.59 Å². The van der Waals surface area contributed by atoms with Gasteiger partial charge in [0.2, 0.25) is 0 Å². The van der Waals surface area contributed by atoms with E-state index in [2.05, 4.69) is 5.32 Å². The van der Waals surface area contributed by atoms with Gasteiger partial charge in [-0.25, -0.2) is 4.39 Å². The van der Waals surface area contributed by atoms with Gasteiger partial charge in [0.05, 0.1) is 6.04 Å². The number of aliphatic hydroxyl groups excluding tert-OH is 2. The van der Waals surface area contributed by atoms with E-state index in [9.17, 15) is 24.2 Å². The van der Waals surface area contributed by atoms with Crippen molar-refractivity contribution in [2.24, 2.45) is 0 Å². The van der Waals surface area contributed by atoms with Crippen molar-refractivity contribution in [3.05, 3.63) is 93.4 Å². The zero-order valence-electron chi connectivity index (χ0n) is 17.1. The van der Waals surface area contributed by atoms with E-state index in [1.165, 1.54) is 17.0 Å². The molecule has 6 nitrogen and oxygen atoms in total. The third kappa shape index (κ3) is 4.57. The molecule has 1 aliphatic heterocycles. The van der Waals surface area contributed by atoms with Gasteiger partial charge in [-0.2, -0.15) is 0 Å². The lowest BCUT2D eigenvalue weighted by Crippen LogP contribution is -2.50. The van der Waals surface area contributed by atoms with Crippen LogP contribution in [0.3, 0.4) is 0 Å². The van der Waals surface area contributed by atoms with E-state index in [-0.39, 0.29) is 13.1 Å². The second kappa shape index (κ2) is 9.60. The highest BCUT2D eigenvalue weighted by Gasteiger charge is 2.40. The lowest BCUT2D eigenvalue weighted by Gasteiger charge is -2.29. The molecule has 166 valence electrons. The minimum Gasteiger partial charge on any atom is -0.380 e. The third-order valence-electron chi connectivity index (χ3n) is 5.52. The molecule has 3 atom stereocenters. The Bertz CT molecular complexity index is 1100. The van der Waals surface area contributed by atoms with Gasteiger partial charge in [-0.05, 0) is 46.7 Å². The molecule has 4 rings (SSSR count). The average molecular weight is 455 g/mol. The van der Waals surface area contributed by atoms with Crippen LogP contribution in [0, 0.1) is 5.82 Å². The van der Waals surface area contributed by atoms with Crippen molar-refractivity contribution < 1.29 is 24.2 Å². The predicted molar refractivity (Wildman–Crippen MR) is 118 cm³/mol. The molecule has 0 aliphatic carbocycles. The van der Waals surface area contributed by atoms with E-state index in [4.69, 9.17) is 0 Å². The van der Waals surface area contributed by atoms with Gasteiger partial charge in [0.25, 0.3) is 11.8 Å². The number of carbonyl (C=O) groups is 2. The maximum absolute atomic E-state index is 13.9. The molecule has 0 saturated heterocycles. The molecular formula is C24H23FN2O4S. The van der Waals surface area contributed by atoms with Crippen LogP contribution >= 0.6 is 11.3 Å². The Morgan fingerprint density at radius 1 is 1.09 bits per heavy atom. The van der Waals surface area contributed by atoms with Gasteiger partial charge in [0.15, 0.2) is 12.2 Å². The number of hydrogen-bond acceptors (Lipinski definition) is 5. The van der Waals surface area contributed by atoms with Crippen molar-refractivity contribution in [1.29, 1.82) is 0 Å². The fourth-order valence-corrected chi connectivity index (χ4v) is 4.65. The quantitative estimate of drug-likeness (QED) is 0.512. The maximum Gasteiger partial charge on any atom is 0.255 e. The lowest BCUT2D eigenvalue weighted by atomic mass is 9.97. The maximum atomic E-state index is 13.9. The standard InChI is InChI=1S/C24H23FN2O4S/c25-17-7-3-6-15(13-17)20-19-9-2-1-5-16(19)14-27(20)24(31)22(29)21(28)23(30)26-11-10-18-8-4-12-32-18/h1-9,12-13,20-22,28-29H,10-11,14H2,(H,26,30)/t20?,21-,22-/m1/s1. The predicted octanol–water partition coefficient (Wildman–Crippen LogP) is 2.40. The van der Waals surface area contributed by atoms with Crippen molar-refractivity contribution in [2.45, 2.75) is 31.2 Å². The number of thiophene rings is 1. The molecule has 0 radical (unpaired) electrons. The summed E-state index contributed by atoms with van der Waals surface area (Å²) < 4.78 is 13.9. The first-order valence-corrected chi connectivity index (χ1v) is 11.1. The Morgan fingerprint density at radius 3 is 2.66 bits per heavy atom. The molecule has 0 bridgehead atoms. The molecule has 3 N–H and O–H groups in total. The van der Waals surface area contributed by atoms with Gasteiger partial charge < -0.3 is 20.4 Å². The number of aliphatic hydroxyl groups is 2. The number of benzene rings is 2. The summed E-state index contributed by atoms with van der Waals surface area (Å²) in [7, 11) is 0. The molecule has 0 saturated carbocycles. The summed E-state index contributed by atoms with van der Waals surface area (Å²) in [4.78, 5) is 27.9. The van der Waals surface area contributed by atoms with E-state index in [1.807, 2.05) is 41.8 Å². The minimum atomic E-state index is -1.94. The zero-order valence-corrected chi connectivity index (χ0v) is 18.0. The van der Waals surface area contributed by atoms with Crippen molar-refractivity contribution in [3.8, 4) is 0 Å². The molecule has 2 aromatic carbocycles. The molecule has 2 amide bonds. The van der Waals surface area contributed by atoms with Gasteiger partial charge in [-0.15, -0.1) is 11.3 Å². The molecule has 1 aromatic heterocycles. The van der Waals surface area contributed by atoms with Crippen LogP contribution in [0.5, 0.6) is 0 Å². The number of hydrogen-bond donors (Lipinski definition) is 3. The highest BCUT2D eigenvalue weighted by Crippen LogP contribution is 2.39. The lowest BCUT2D eigenvalue weighted by molar-refractivity contribution is -0.154. The number of fused-ring (bicyclic) bond motifs is 1. The van der Waals surface area contributed by atoms with E-state index in [1.54, 1.807) is 23.5 Å². The molecule has 32 heavy (non-hydrogen) atoms. The summed E-state index contributed by atoms with van der Waals surface area (Å²) in [5.74, 6) is -2.05. The van der Waals surface area contributed by atoms with Gasteiger partial charge in [-0.1, -0.05) is 42.5 Å². The average Bonchev–Trinajstić information content (AvgIpc) is 3.45. The summed E-state index contributed by atoms with van der Waals surface area (Å²) in [5, 5.41) is 25.3. The number of nitrogens with zero attached hydrogens (tertiary/aromatic N) is 1. The van der Waals surface area contributed by atoms with Crippen molar-refractivity contribution >= 4 is 23.2 Å². The van der Waals surface area contributed by atoms with Crippen molar-refractivity contribution in [1.82, 2.24) is 10.2 Å². The Kier molecular flexibility index (Phi) is 6.64. The Labute approximate surface area is 188 Å². The molecule has 1 aliphatic rings. The normalized spacial score (nSPS) is 17.0. The van der Waals surface area contributed by atoms with Gasteiger partial charge >= 0.3 is 0 Å². The largest absolute Gasteiger partial charge is 0.380 e. The topological polar surface area (TPSA) is 89.9 Å². The summed E-state index contributed by atoms with van der Waals surface area (Å²) in [6.45, 7) is 0.457. The molecular weight excluding hydrogens is 431 g/mol. The SMILES string of the molecule is O=C(NCCc1cccs1)[C@H](O)[C@@H](O)C(=O)N1Cc2ccccc2C1c1cccc(F)c1. The first-order chi connectivity index (χ1) is 15.5. The van der Waals surface area contributed by atoms with E-state index in [0.29, 0.717) is 12.0 Å². The minimum absolute atomic E-state index is 0.181. The second-order valence-corrected chi connectivity index (χ2v) is 8.66. The number of halogens is 1. The monoisotopic (exact) mass is 454 g/mol. The van der Waals surface area contributed by atoms with Crippen LogP contribution in [0.4, 0.5) is 4.39 Å². The number of rotatable bonds is 7. The molecule has 1 unspecified atom stereocenters. The zero-order chi connectivity index (χ0) is 22.7. The smallest absolute Gasteiger partial charge is 0.255 e. The van der Waals surface area contributed by atoms with Crippen molar-refractivity contribution in [2.75, 3.05) is 6.54 Å². The fourth-order valence-electron chi connectivity index (χ4n) is 3.95. The summed E-state index contributed by atoms with van der Waals surface area (Å²) >= 11 is 1.55.